The first kappa shape index (κ1) is 13.7. The molecule has 2 aromatic rings. The molecule has 0 fully saturated rings. The molecule has 0 saturated heterocycles. The quantitative estimate of drug-likeness (QED) is 0.902. The van der Waals surface area contributed by atoms with Crippen LogP contribution in [-0.2, 0) is 0 Å². The lowest BCUT2D eigenvalue weighted by atomic mass is 9.94. The number of halogens is 1. The number of aliphatic hydroxyl groups is 1. The van der Waals surface area contributed by atoms with E-state index in [-0.39, 0.29) is 5.92 Å². The topological polar surface area (TPSA) is 46.2 Å². The summed E-state index contributed by atoms with van der Waals surface area (Å²) in [7, 11) is 0. The van der Waals surface area contributed by atoms with Crippen molar-refractivity contribution in [3.05, 3.63) is 56.2 Å². The molecule has 2 atom stereocenters. The van der Waals surface area contributed by atoms with Crippen LogP contribution in [0.25, 0.3) is 0 Å². The Bertz CT molecular complexity index is 513. The SMILES string of the molecule is Cc1ccc(C(O)C(CN)c2cccs2)cc1Br. The van der Waals surface area contributed by atoms with E-state index in [4.69, 9.17) is 5.73 Å². The van der Waals surface area contributed by atoms with Crippen molar-refractivity contribution in [2.24, 2.45) is 5.73 Å². The standard InChI is InChI=1S/C14H16BrNOS/c1-9-4-5-10(7-12(9)15)14(17)11(8-16)13-3-2-6-18-13/h2-7,11,14,17H,8,16H2,1H3. The highest BCUT2D eigenvalue weighted by molar-refractivity contribution is 9.10. The maximum Gasteiger partial charge on any atom is 0.0879 e. The molecule has 1 aromatic carbocycles. The lowest BCUT2D eigenvalue weighted by molar-refractivity contribution is 0.148. The average Bonchev–Trinajstić information content (AvgIpc) is 2.87. The van der Waals surface area contributed by atoms with Crippen LogP contribution in [0.2, 0.25) is 0 Å². The molecule has 1 aromatic heterocycles. The van der Waals surface area contributed by atoms with Crippen LogP contribution in [0, 0.1) is 6.92 Å². The molecular weight excluding hydrogens is 310 g/mol. The Morgan fingerprint density at radius 1 is 1.39 bits per heavy atom. The summed E-state index contributed by atoms with van der Waals surface area (Å²) in [5.74, 6) is -0.0420. The minimum Gasteiger partial charge on any atom is -0.388 e. The van der Waals surface area contributed by atoms with Crippen LogP contribution in [-0.4, -0.2) is 11.7 Å². The third-order valence-electron chi connectivity index (χ3n) is 3.08. The van der Waals surface area contributed by atoms with Gasteiger partial charge in [-0.25, -0.2) is 0 Å². The number of aliphatic hydroxyl groups excluding tert-OH is 1. The van der Waals surface area contributed by atoms with Gasteiger partial charge in [0.1, 0.15) is 0 Å². The maximum absolute atomic E-state index is 10.5. The van der Waals surface area contributed by atoms with Gasteiger partial charge in [0.2, 0.25) is 0 Å². The Hall–Kier alpha value is -0.680. The van der Waals surface area contributed by atoms with Crippen LogP contribution >= 0.6 is 27.3 Å². The van der Waals surface area contributed by atoms with Crippen molar-refractivity contribution in [3.63, 3.8) is 0 Å². The van der Waals surface area contributed by atoms with Crippen molar-refractivity contribution in [2.75, 3.05) is 6.54 Å². The van der Waals surface area contributed by atoms with E-state index in [1.54, 1.807) is 11.3 Å². The fourth-order valence-electron chi connectivity index (χ4n) is 1.93. The fraction of sp³-hybridized carbons (Fsp3) is 0.286. The Labute approximate surface area is 120 Å². The Morgan fingerprint density at radius 3 is 2.72 bits per heavy atom. The van der Waals surface area contributed by atoms with E-state index in [1.165, 1.54) is 0 Å². The molecule has 0 saturated carbocycles. The van der Waals surface area contributed by atoms with E-state index >= 15 is 0 Å². The van der Waals surface area contributed by atoms with Gasteiger partial charge < -0.3 is 10.8 Å². The molecule has 0 aliphatic carbocycles. The zero-order valence-electron chi connectivity index (χ0n) is 10.1. The molecule has 0 aliphatic rings. The summed E-state index contributed by atoms with van der Waals surface area (Å²) >= 11 is 5.13. The van der Waals surface area contributed by atoms with Gasteiger partial charge in [0.25, 0.3) is 0 Å². The van der Waals surface area contributed by atoms with Gasteiger partial charge in [0.15, 0.2) is 0 Å². The van der Waals surface area contributed by atoms with Gasteiger partial charge >= 0.3 is 0 Å². The summed E-state index contributed by atoms with van der Waals surface area (Å²) in [6.07, 6.45) is -0.564. The van der Waals surface area contributed by atoms with Crippen LogP contribution in [0.5, 0.6) is 0 Å². The normalized spacial score (nSPS) is 14.4. The second-order valence-electron chi connectivity index (χ2n) is 4.31. The van der Waals surface area contributed by atoms with Crippen LogP contribution in [0.15, 0.2) is 40.2 Å². The first-order chi connectivity index (χ1) is 8.63. The minimum atomic E-state index is -0.564. The van der Waals surface area contributed by atoms with Gasteiger partial charge in [-0.2, -0.15) is 0 Å². The molecule has 96 valence electrons. The number of nitrogens with two attached hydrogens (primary N) is 1. The van der Waals surface area contributed by atoms with Crippen molar-refractivity contribution in [1.29, 1.82) is 0 Å². The van der Waals surface area contributed by atoms with Crippen molar-refractivity contribution in [3.8, 4) is 0 Å². The molecule has 0 spiro atoms. The molecular formula is C14H16BrNOS. The Balaban J connectivity index is 2.28. The zero-order chi connectivity index (χ0) is 13.1. The molecule has 4 heteroatoms. The molecule has 2 nitrogen and oxygen atoms in total. The first-order valence-corrected chi connectivity index (χ1v) is 7.48. The molecule has 18 heavy (non-hydrogen) atoms. The number of thiophene rings is 1. The maximum atomic E-state index is 10.5. The first-order valence-electron chi connectivity index (χ1n) is 5.81. The van der Waals surface area contributed by atoms with E-state index < -0.39 is 6.10 Å². The highest BCUT2D eigenvalue weighted by Crippen LogP contribution is 2.34. The molecule has 1 heterocycles. The molecule has 2 rings (SSSR count). The Morgan fingerprint density at radius 2 is 2.17 bits per heavy atom. The zero-order valence-corrected chi connectivity index (χ0v) is 12.5. The van der Waals surface area contributed by atoms with Crippen molar-refractivity contribution < 1.29 is 5.11 Å². The summed E-state index contributed by atoms with van der Waals surface area (Å²) in [5, 5.41) is 12.5. The van der Waals surface area contributed by atoms with Gasteiger partial charge in [-0.3, -0.25) is 0 Å². The van der Waals surface area contributed by atoms with Crippen LogP contribution in [0.1, 0.15) is 28.0 Å². The second kappa shape index (κ2) is 5.97. The van der Waals surface area contributed by atoms with Crippen LogP contribution in [0.4, 0.5) is 0 Å². The average molecular weight is 326 g/mol. The number of hydrogen-bond acceptors (Lipinski definition) is 3. The predicted molar refractivity (Wildman–Crippen MR) is 80.0 cm³/mol. The van der Waals surface area contributed by atoms with E-state index in [2.05, 4.69) is 15.9 Å². The fourth-order valence-corrected chi connectivity index (χ4v) is 3.20. The third-order valence-corrected chi connectivity index (χ3v) is 4.94. The van der Waals surface area contributed by atoms with Crippen LogP contribution in [0.3, 0.4) is 0 Å². The largest absolute Gasteiger partial charge is 0.388 e. The molecule has 0 amide bonds. The summed E-state index contributed by atoms with van der Waals surface area (Å²) in [6, 6.07) is 9.94. The second-order valence-corrected chi connectivity index (χ2v) is 6.14. The van der Waals surface area contributed by atoms with Gasteiger partial charge in [0, 0.05) is 21.8 Å². The highest BCUT2D eigenvalue weighted by Gasteiger charge is 2.22. The highest BCUT2D eigenvalue weighted by atomic mass is 79.9. The van der Waals surface area contributed by atoms with Crippen molar-refractivity contribution in [1.82, 2.24) is 0 Å². The predicted octanol–water partition coefficient (Wildman–Crippen LogP) is 3.59. The van der Waals surface area contributed by atoms with E-state index in [0.29, 0.717) is 6.54 Å². The Kier molecular flexibility index (Phi) is 4.56. The monoisotopic (exact) mass is 325 g/mol. The number of rotatable bonds is 4. The van der Waals surface area contributed by atoms with E-state index in [9.17, 15) is 5.11 Å². The summed E-state index contributed by atoms with van der Waals surface area (Å²) in [6.45, 7) is 2.47. The van der Waals surface area contributed by atoms with Gasteiger partial charge in [-0.05, 0) is 35.6 Å². The van der Waals surface area contributed by atoms with Crippen LogP contribution < -0.4 is 5.73 Å². The summed E-state index contributed by atoms with van der Waals surface area (Å²) in [5.41, 5.74) is 7.86. The molecule has 3 N–H and O–H groups in total. The third kappa shape index (κ3) is 2.83. The number of hydrogen-bond donors (Lipinski definition) is 2. The number of aryl methyl sites for hydroxylation is 1. The van der Waals surface area contributed by atoms with Crippen molar-refractivity contribution in [2.45, 2.75) is 18.9 Å². The van der Waals surface area contributed by atoms with Gasteiger partial charge in [-0.15, -0.1) is 11.3 Å². The summed E-state index contributed by atoms with van der Waals surface area (Å²) < 4.78 is 1.01. The molecule has 2 unspecified atom stereocenters. The molecule has 0 radical (unpaired) electrons. The minimum absolute atomic E-state index is 0.0420. The lowest BCUT2D eigenvalue weighted by Crippen LogP contribution is -2.19. The van der Waals surface area contributed by atoms with Gasteiger partial charge in [-0.1, -0.05) is 34.1 Å². The smallest absolute Gasteiger partial charge is 0.0879 e. The van der Waals surface area contributed by atoms with E-state index in [0.717, 1.165) is 20.5 Å². The lowest BCUT2D eigenvalue weighted by Gasteiger charge is -2.21. The molecule has 0 aliphatic heterocycles. The van der Waals surface area contributed by atoms with Gasteiger partial charge in [0.05, 0.1) is 6.10 Å². The van der Waals surface area contributed by atoms with E-state index in [1.807, 2.05) is 42.6 Å². The van der Waals surface area contributed by atoms with Crippen molar-refractivity contribution >= 4 is 27.3 Å². The number of benzene rings is 1. The molecule has 0 bridgehead atoms. The summed E-state index contributed by atoms with van der Waals surface area (Å²) in [4.78, 5) is 1.13.